The lowest BCUT2D eigenvalue weighted by Gasteiger charge is -2.07. The molecule has 0 spiro atoms. The van der Waals surface area contributed by atoms with Crippen LogP contribution in [-0.2, 0) is 0 Å². The summed E-state index contributed by atoms with van der Waals surface area (Å²) in [5.41, 5.74) is 0.564. The third-order valence-corrected chi connectivity index (χ3v) is 3.21. The molecule has 3 nitrogen and oxygen atoms in total. The zero-order valence-corrected chi connectivity index (χ0v) is 9.99. The predicted molar refractivity (Wildman–Crippen MR) is 63.2 cm³/mol. The van der Waals surface area contributed by atoms with Gasteiger partial charge in [0, 0.05) is 11.1 Å². The normalized spacial score (nSPS) is 12.4. The van der Waals surface area contributed by atoms with Crippen molar-refractivity contribution >= 4 is 11.8 Å². The van der Waals surface area contributed by atoms with Crippen molar-refractivity contribution < 1.29 is 9.50 Å². The SMILES string of the molecule is C[C@@H](O)c1ccc(Sc2ccncn2)c(F)c1. The third-order valence-electron chi connectivity index (χ3n) is 2.21. The van der Waals surface area contributed by atoms with E-state index in [1.54, 1.807) is 31.3 Å². The standard InChI is InChI=1S/C12H11FN2OS/c1-8(16)9-2-3-11(10(13)6-9)17-12-4-5-14-7-15-12/h2-8,16H,1H3/t8-/m1/s1. The molecule has 0 bridgehead atoms. The highest BCUT2D eigenvalue weighted by Crippen LogP contribution is 2.29. The quantitative estimate of drug-likeness (QED) is 0.851. The topological polar surface area (TPSA) is 46.0 Å². The van der Waals surface area contributed by atoms with Gasteiger partial charge in [-0.1, -0.05) is 17.8 Å². The molecule has 0 aliphatic heterocycles. The minimum Gasteiger partial charge on any atom is -0.389 e. The van der Waals surface area contributed by atoms with Crippen LogP contribution in [0.5, 0.6) is 0 Å². The molecule has 1 N–H and O–H groups in total. The number of hydrogen-bond donors (Lipinski definition) is 1. The van der Waals surface area contributed by atoms with Crippen molar-refractivity contribution in [2.24, 2.45) is 0 Å². The molecule has 2 rings (SSSR count). The van der Waals surface area contributed by atoms with Crippen LogP contribution in [0.15, 0.2) is 46.7 Å². The largest absolute Gasteiger partial charge is 0.389 e. The summed E-state index contributed by atoms with van der Waals surface area (Å²) >= 11 is 1.23. The second-order valence-corrected chi connectivity index (χ2v) is 4.58. The van der Waals surface area contributed by atoms with Crippen LogP contribution in [0, 0.1) is 5.82 Å². The van der Waals surface area contributed by atoms with Crippen molar-refractivity contribution in [3.63, 3.8) is 0 Å². The first kappa shape index (κ1) is 12.0. The molecule has 1 aromatic heterocycles. The molecule has 0 aliphatic carbocycles. The molecule has 0 unspecified atom stereocenters. The molecule has 1 heterocycles. The Hall–Kier alpha value is -1.46. The summed E-state index contributed by atoms with van der Waals surface area (Å²) in [6.45, 7) is 1.60. The zero-order valence-electron chi connectivity index (χ0n) is 9.17. The Morgan fingerprint density at radius 2 is 2.18 bits per heavy atom. The van der Waals surface area contributed by atoms with Gasteiger partial charge in [-0.05, 0) is 30.7 Å². The minimum absolute atomic E-state index is 0.355. The van der Waals surface area contributed by atoms with E-state index in [-0.39, 0.29) is 5.82 Å². The van der Waals surface area contributed by atoms with Crippen molar-refractivity contribution in [1.29, 1.82) is 0 Å². The zero-order chi connectivity index (χ0) is 12.3. The van der Waals surface area contributed by atoms with Gasteiger partial charge in [0.15, 0.2) is 0 Å². The Morgan fingerprint density at radius 1 is 1.35 bits per heavy atom. The van der Waals surface area contributed by atoms with E-state index in [2.05, 4.69) is 9.97 Å². The minimum atomic E-state index is -0.664. The fraction of sp³-hybridized carbons (Fsp3) is 0.167. The summed E-state index contributed by atoms with van der Waals surface area (Å²) in [6.07, 6.45) is 2.37. The average molecular weight is 250 g/mol. The van der Waals surface area contributed by atoms with Crippen molar-refractivity contribution in [1.82, 2.24) is 9.97 Å². The van der Waals surface area contributed by atoms with Crippen molar-refractivity contribution in [3.8, 4) is 0 Å². The van der Waals surface area contributed by atoms with Gasteiger partial charge in [0.05, 0.1) is 6.10 Å². The molecule has 0 saturated heterocycles. The number of aromatic nitrogens is 2. The summed E-state index contributed by atoms with van der Waals surface area (Å²) < 4.78 is 13.7. The Bertz CT molecular complexity index is 505. The smallest absolute Gasteiger partial charge is 0.137 e. The number of rotatable bonds is 3. The van der Waals surface area contributed by atoms with Crippen molar-refractivity contribution in [3.05, 3.63) is 48.2 Å². The highest BCUT2D eigenvalue weighted by molar-refractivity contribution is 7.99. The Morgan fingerprint density at radius 3 is 2.76 bits per heavy atom. The average Bonchev–Trinajstić information content (AvgIpc) is 2.33. The number of aliphatic hydroxyl groups is 1. The van der Waals surface area contributed by atoms with Crippen LogP contribution < -0.4 is 0 Å². The first-order valence-electron chi connectivity index (χ1n) is 5.08. The van der Waals surface area contributed by atoms with Gasteiger partial charge in [-0.2, -0.15) is 0 Å². The van der Waals surface area contributed by atoms with Crippen LogP contribution in [0.4, 0.5) is 4.39 Å². The van der Waals surface area contributed by atoms with E-state index in [0.29, 0.717) is 15.5 Å². The first-order valence-corrected chi connectivity index (χ1v) is 5.90. The predicted octanol–water partition coefficient (Wildman–Crippen LogP) is 2.82. The molecule has 2 aromatic rings. The highest BCUT2D eigenvalue weighted by Gasteiger charge is 2.08. The van der Waals surface area contributed by atoms with Crippen LogP contribution in [0.25, 0.3) is 0 Å². The summed E-state index contributed by atoms with van der Waals surface area (Å²) in [5.74, 6) is -0.355. The van der Waals surface area contributed by atoms with Gasteiger partial charge in [-0.25, -0.2) is 14.4 Å². The fourth-order valence-electron chi connectivity index (χ4n) is 1.31. The summed E-state index contributed by atoms with van der Waals surface area (Å²) in [5, 5.41) is 10.0. The third kappa shape index (κ3) is 3.01. The number of halogens is 1. The maximum Gasteiger partial charge on any atom is 0.137 e. The fourth-order valence-corrected chi connectivity index (χ4v) is 2.06. The van der Waals surface area contributed by atoms with Crippen molar-refractivity contribution in [2.75, 3.05) is 0 Å². The molecule has 1 atom stereocenters. The van der Waals surface area contributed by atoms with Crippen LogP contribution in [-0.4, -0.2) is 15.1 Å². The van der Waals surface area contributed by atoms with Gasteiger partial charge in [0.2, 0.25) is 0 Å². The van der Waals surface area contributed by atoms with Crippen LogP contribution >= 0.6 is 11.8 Å². The number of aliphatic hydroxyl groups excluding tert-OH is 1. The van der Waals surface area contributed by atoms with Crippen LogP contribution in [0.1, 0.15) is 18.6 Å². The van der Waals surface area contributed by atoms with Crippen LogP contribution in [0.2, 0.25) is 0 Å². The number of nitrogens with zero attached hydrogens (tertiary/aromatic N) is 2. The lowest BCUT2D eigenvalue weighted by atomic mass is 10.1. The van der Waals surface area contributed by atoms with E-state index < -0.39 is 6.10 Å². The molecular weight excluding hydrogens is 239 g/mol. The Kier molecular flexibility index (Phi) is 3.71. The lowest BCUT2D eigenvalue weighted by Crippen LogP contribution is -1.93. The summed E-state index contributed by atoms with van der Waals surface area (Å²) in [6, 6.07) is 6.41. The van der Waals surface area contributed by atoms with Gasteiger partial charge >= 0.3 is 0 Å². The monoisotopic (exact) mass is 250 g/mol. The van der Waals surface area contributed by atoms with Gasteiger partial charge in [0.25, 0.3) is 0 Å². The lowest BCUT2D eigenvalue weighted by molar-refractivity contribution is 0.198. The molecule has 5 heteroatoms. The van der Waals surface area contributed by atoms with E-state index >= 15 is 0 Å². The molecule has 0 amide bonds. The maximum absolute atomic E-state index is 13.7. The molecule has 0 saturated carbocycles. The Balaban J connectivity index is 2.23. The molecular formula is C12H11FN2OS. The summed E-state index contributed by atoms with van der Waals surface area (Å²) in [7, 11) is 0. The van der Waals surface area contributed by atoms with E-state index in [0.717, 1.165) is 0 Å². The first-order chi connectivity index (χ1) is 8.16. The molecule has 1 aromatic carbocycles. The summed E-state index contributed by atoms with van der Waals surface area (Å²) in [4.78, 5) is 8.28. The molecule has 0 aliphatic rings. The van der Waals surface area contributed by atoms with E-state index in [1.807, 2.05) is 0 Å². The van der Waals surface area contributed by atoms with Crippen molar-refractivity contribution in [2.45, 2.75) is 22.9 Å². The van der Waals surface area contributed by atoms with E-state index in [4.69, 9.17) is 0 Å². The van der Waals surface area contributed by atoms with Gasteiger partial charge in [-0.15, -0.1) is 0 Å². The van der Waals surface area contributed by atoms with Gasteiger partial charge in [0.1, 0.15) is 17.2 Å². The second kappa shape index (κ2) is 5.25. The number of hydrogen-bond acceptors (Lipinski definition) is 4. The Labute approximate surface area is 103 Å². The highest BCUT2D eigenvalue weighted by atomic mass is 32.2. The maximum atomic E-state index is 13.7. The van der Waals surface area contributed by atoms with Crippen LogP contribution in [0.3, 0.4) is 0 Å². The molecule has 0 radical (unpaired) electrons. The van der Waals surface area contributed by atoms with E-state index in [1.165, 1.54) is 24.2 Å². The molecule has 0 fully saturated rings. The van der Waals surface area contributed by atoms with E-state index in [9.17, 15) is 9.50 Å². The second-order valence-electron chi connectivity index (χ2n) is 3.52. The number of benzene rings is 1. The molecule has 88 valence electrons. The van der Waals surface area contributed by atoms with Gasteiger partial charge < -0.3 is 5.11 Å². The molecule has 17 heavy (non-hydrogen) atoms. The van der Waals surface area contributed by atoms with Gasteiger partial charge in [-0.3, -0.25) is 0 Å².